The average molecular weight is 491 g/mol. The van der Waals surface area contributed by atoms with Crippen LogP contribution in [0.25, 0.3) is 5.69 Å². The highest BCUT2D eigenvalue weighted by atomic mass is 35.5. The Labute approximate surface area is 187 Å². The minimum Gasteiger partial charge on any atom is -0.456 e. The third-order valence-corrected chi connectivity index (χ3v) is 4.68. The van der Waals surface area contributed by atoms with Gasteiger partial charge >= 0.3 is 18.3 Å². The number of hydrogen-bond acceptors (Lipinski definition) is 5. The first-order valence-electron chi connectivity index (χ1n) is 9.00. The number of nitrogens with one attached hydrogen (secondary N) is 1. The van der Waals surface area contributed by atoms with E-state index in [1.54, 1.807) is 0 Å². The zero-order chi connectivity index (χ0) is 24.6. The third-order valence-electron chi connectivity index (χ3n) is 4.42. The van der Waals surface area contributed by atoms with E-state index in [1.165, 1.54) is 31.2 Å². The summed E-state index contributed by atoms with van der Waals surface area (Å²) < 4.78 is 84.5. The number of rotatable bonds is 5. The summed E-state index contributed by atoms with van der Waals surface area (Å²) in [7, 11) is 0. The summed E-state index contributed by atoms with van der Waals surface area (Å²) in [6.45, 7) is 0.746. The molecule has 0 unspecified atom stereocenters. The molecule has 0 aliphatic carbocycles. The summed E-state index contributed by atoms with van der Waals surface area (Å²) in [6.07, 6.45) is -10.1. The number of aromatic nitrogens is 3. The molecule has 0 radical (unpaired) electrons. The Balaban J connectivity index is 1.86. The first kappa shape index (κ1) is 24.2. The van der Waals surface area contributed by atoms with Crippen LogP contribution in [-0.2, 0) is 17.1 Å². The molecule has 0 amide bonds. The summed E-state index contributed by atoms with van der Waals surface area (Å²) in [5, 5.41) is 15.7. The van der Waals surface area contributed by atoms with Gasteiger partial charge in [0.1, 0.15) is 12.3 Å². The SMILES string of the molecule is Cc1c(C(=N)COC(=O)c2ccc(Cl)cc2)nnn1-c1cc(C(F)(F)F)cc(C(F)(F)F)c1. The molecule has 0 spiro atoms. The average Bonchev–Trinajstić information content (AvgIpc) is 3.12. The molecule has 0 atom stereocenters. The van der Waals surface area contributed by atoms with Crippen molar-refractivity contribution < 1.29 is 35.9 Å². The van der Waals surface area contributed by atoms with E-state index in [0.717, 1.165) is 4.68 Å². The molecule has 0 fully saturated rings. The first-order chi connectivity index (χ1) is 15.3. The van der Waals surface area contributed by atoms with Crippen molar-refractivity contribution in [3.8, 4) is 5.69 Å². The van der Waals surface area contributed by atoms with Gasteiger partial charge in [-0.3, -0.25) is 5.41 Å². The van der Waals surface area contributed by atoms with Gasteiger partial charge in [0.05, 0.1) is 33.8 Å². The van der Waals surface area contributed by atoms with Crippen LogP contribution in [0.1, 0.15) is 32.9 Å². The maximum atomic E-state index is 13.1. The van der Waals surface area contributed by atoms with Crippen molar-refractivity contribution in [3.05, 3.63) is 75.6 Å². The largest absolute Gasteiger partial charge is 0.456 e. The van der Waals surface area contributed by atoms with Gasteiger partial charge in [-0.2, -0.15) is 26.3 Å². The van der Waals surface area contributed by atoms with E-state index in [1.807, 2.05) is 0 Å². The van der Waals surface area contributed by atoms with Gasteiger partial charge in [0.2, 0.25) is 0 Å². The van der Waals surface area contributed by atoms with Crippen LogP contribution >= 0.6 is 11.6 Å². The van der Waals surface area contributed by atoms with E-state index >= 15 is 0 Å². The fourth-order valence-corrected chi connectivity index (χ4v) is 2.92. The highest BCUT2D eigenvalue weighted by Gasteiger charge is 2.37. The molecule has 1 aromatic heterocycles. The second kappa shape index (κ2) is 8.85. The molecule has 0 aliphatic rings. The number of carbonyl (C=O) groups excluding carboxylic acids is 1. The molecule has 13 heteroatoms. The fraction of sp³-hybridized carbons (Fsp3) is 0.200. The lowest BCUT2D eigenvalue weighted by Gasteiger charge is -2.14. The molecule has 0 bridgehead atoms. The number of halogens is 7. The molecule has 1 N–H and O–H groups in total. The van der Waals surface area contributed by atoms with Gasteiger partial charge in [0.25, 0.3) is 0 Å². The van der Waals surface area contributed by atoms with E-state index in [2.05, 4.69) is 10.3 Å². The van der Waals surface area contributed by atoms with E-state index < -0.39 is 41.7 Å². The standard InChI is InChI=1S/C20H13ClF6N4O2/c1-10-17(16(28)9-33-18(32)11-2-4-14(21)5-3-11)29-30-31(10)15-7-12(19(22,23)24)6-13(8-15)20(25,26)27/h2-8,28H,9H2,1H3. The number of carbonyl (C=O) groups is 1. The molecular weight excluding hydrogens is 478 g/mol. The Bertz CT molecular complexity index is 1170. The number of esters is 1. The van der Waals surface area contributed by atoms with Crippen molar-refractivity contribution >= 4 is 23.3 Å². The van der Waals surface area contributed by atoms with Gasteiger partial charge in [0.15, 0.2) is 0 Å². The minimum atomic E-state index is -5.03. The molecule has 6 nitrogen and oxygen atoms in total. The van der Waals surface area contributed by atoms with Crippen LogP contribution < -0.4 is 0 Å². The Kier molecular flexibility index (Phi) is 6.50. The van der Waals surface area contributed by atoms with E-state index in [-0.39, 0.29) is 28.7 Å². The molecule has 33 heavy (non-hydrogen) atoms. The number of alkyl halides is 6. The first-order valence-corrected chi connectivity index (χ1v) is 9.38. The molecule has 2 aromatic carbocycles. The lowest BCUT2D eigenvalue weighted by Crippen LogP contribution is -2.16. The zero-order valence-corrected chi connectivity index (χ0v) is 17.3. The quantitative estimate of drug-likeness (QED) is 0.291. The smallest absolute Gasteiger partial charge is 0.416 e. The zero-order valence-electron chi connectivity index (χ0n) is 16.6. The summed E-state index contributed by atoms with van der Waals surface area (Å²) in [6, 6.07) is 6.71. The van der Waals surface area contributed by atoms with Gasteiger partial charge in [-0.15, -0.1) is 5.10 Å². The Morgan fingerprint density at radius 1 is 1.03 bits per heavy atom. The topological polar surface area (TPSA) is 80.9 Å². The Hall–Kier alpha value is -3.41. The van der Waals surface area contributed by atoms with E-state index in [4.69, 9.17) is 21.7 Å². The molecule has 1 heterocycles. The van der Waals surface area contributed by atoms with Crippen LogP contribution in [0.5, 0.6) is 0 Å². The van der Waals surface area contributed by atoms with Crippen LogP contribution in [-0.4, -0.2) is 33.3 Å². The van der Waals surface area contributed by atoms with Crippen molar-refractivity contribution in [1.82, 2.24) is 15.0 Å². The van der Waals surface area contributed by atoms with Crippen LogP contribution in [0.4, 0.5) is 26.3 Å². The molecular formula is C20H13ClF6N4O2. The Morgan fingerprint density at radius 2 is 1.58 bits per heavy atom. The molecule has 3 aromatic rings. The predicted octanol–water partition coefficient (Wildman–Crippen LogP) is 5.49. The lowest BCUT2D eigenvalue weighted by atomic mass is 10.1. The lowest BCUT2D eigenvalue weighted by molar-refractivity contribution is -0.143. The van der Waals surface area contributed by atoms with Gasteiger partial charge in [0, 0.05) is 5.02 Å². The number of ether oxygens (including phenoxy) is 1. The van der Waals surface area contributed by atoms with Crippen molar-refractivity contribution in [3.63, 3.8) is 0 Å². The second-order valence-corrected chi connectivity index (χ2v) is 7.20. The van der Waals surface area contributed by atoms with Crippen molar-refractivity contribution in [1.29, 1.82) is 5.41 Å². The molecule has 0 saturated carbocycles. The van der Waals surface area contributed by atoms with Crippen LogP contribution in [0.2, 0.25) is 5.02 Å². The van der Waals surface area contributed by atoms with Gasteiger partial charge in [-0.05, 0) is 49.4 Å². The molecule has 174 valence electrons. The van der Waals surface area contributed by atoms with E-state index in [9.17, 15) is 31.1 Å². The van der Waals surface area contributed by atoms with Crippen molar-refractivity contribution in [2.24, 2.45) is 0 Å². The third kappa shape index (κ3) is 5.51. The maximum absolute atomic E-state index is 13.1. The summed E-state index contributed by atoms with van der Waals surface area (Å²) in [5.74, 6) is -0.769. The van der Waals surface area contributed by atoms with Gasteiger partial charge in [-0.25, -0.2) is 9.48 Å². The normalized spacial score (nSPS) is 12.0. The maximum Gasteiger partial charge on any atom is 0.416 e. The summed E-state index contributed by atoms with van der Waals surface area (Å²) in [4.78, 5) is 12.1. The van der Waals surface area contributed by atoms with Gasteiger partial charge in [-0.1, -0.05) is 16.8 Å². The van der Waals surface area contributed by atoms with Gasteiger partial charge < -0.3 is 4.74 Å². The highest BCUT2D eigenvalue weighted by Crippen LogP contribution is 2.37. The molecule has 0 saturated heterocycles. The molecule has 0 aliphatic heterocycles. The summed E-state index contributed by atoms with van der Waals surface area (Å²) in [5.41, 5.74) is -3.95. The monoisotopic (exact) mass is 490 g/mol. The number of benzene rings is 2. The fourth-order valence-electron chi connectivity index (χ4n) is 2.79. The number of hydrogen-bond donors (Lipinski definition) is 1. The second-order valence-electron chi connectivity index (χ2n) is 6.76. The highest BCUT2D eigenvalue weighted by molar-refractivity contribution is 6.30. The summed E-state index contributed by atoms with van der Waals surface area (Å²) >= 11 is 5.73. The minimum absolute atomic E-state index is 0.00503. The van der Waals surface area contributed by atoms with Crippen molar-refractivity contribution in [2.75, 3.05) is 6.61 Å². The van der Waals surface area contributed by atoms with Crippen molar-refractivity contribution in [2.45, 2.75) is 19.3 Å². The number of nitrogens with zero attached hydrogens (tertiary/aromatic N) is 3. The van der Waals surface area contributed by atoms with Crippen LogP contribution in [0.15, 0.2) is 42.5 Å². The predicted molar refractivity (Wildman–Crippen MR) is 105 cm³/mol. The van der Waals surface area contributed by atoms with Crippen LogP contribution in [0, 0.1) is 12.3 Å². The molecule has 3 rings (SSSR count). The van der Waals surface area contributed by atoms with E-state index in [0.29, 0.717) is 17.2 Å². The Morgan fingerprint density at radius 3 is 2.09 bits per heavy atom. The van der Waals surface area contributed by atoms with Crippen LogP contribution in [0.3, 0.4) is 0 Å².